The summed E-state index contributed by atoms with van der Waals surface area (Å²) >= 11 is 5.88. The molecule has 1 fully saturated rings. The van der Waals surface area contributed by atoms with Crippen molar-refractivity contribution in [3.05, 3.63) is 23.0 Å². The molecule has 4 heteroatoms. The van der Waals surface area contributed by atoms with Crippen LogP contribution in [0.5, 0.6) is 0 Å². The van der Waals surface area contributed by atoms with E-state index in [2.05, 4.69) is 10.3 Å². The van der Waals surface area contributed by atoms with Gasteiger partial charge >= 0.3 is 0 Å². The predicted octanol–water partition coefficient (Wildman–Crippen LogP) is 2.50. The highest BCUT2D eigenvalue weighted by Gasteiger charge is 2.48. The van der Waals surface area contributed by atoms with Crippen LogP contribution in [0.2, 0.25) is 5.15 Å². The SMILES string of the molecule is O=C1Nc2cnc(Cl)cc2C12CCCC2. The van der Waals surface area contributed by atoms with Crippen molar-refractivity contribution in [1.82, 2.24) is 4.98 Å². The Kier molecular flexibility index (Phi) is 1.80. The highest BCUT2D eigenvalue weighted by molar-refractivity contribution is 6.29. The van der Waals surface area contributed by atoms with E-state index in [4.69, 9.17) is 11.6 Å². The molecule has 1 aromatic heterocycles. The van der Waals surface area contributed by atoms with Crippen molar-refractivity contribution in [2.75, 3.05) is 5.32 Å². The molecule has 1 amide bonds. The average molecular weight is 223 g/mol. The average Bonchev–Trinajstić information content (AvgIpc) is 2.78. The summed E-state index contributed by atoms with van der Waals surface area (Å²) in [6.45, 7) is 0. The second kappa shape index (κ2) is 2.95. The molecule has 0 saturated heterocycles. The maximum absolute atomic E-state index is 12.0. The van der Waals surface area contributed by atoms with Gasteiger partial charge in [-0.3, -0.25) is 4.79 Å². The molecule has 0 radical (unpaired) electrons. The zero-order chi connectivity index (χ0) is 10.5. The monoisotopic (exact) mass is 222 g/mol. The number of nitrogens with one attached hydrogen (secondary N) is 1. The number of pyridine rings is 1. The Balaban J connectivity index is 2.19. The van der Waals surface area contributed by atoms with Crippen molar-refractivity contribution >= 4 is 23.2 Å². The summed E-state index contributed by atoms with van der Waals surface area (Å²) in [5.74, 6) is 0.124. The number of anilines is 1. The fourth-order valence-electron chi connectivity index (χ4n) is 2.76. The Morgan fingerprint density at radius 2 is 2.13 bits per heavy atom. The minimum absolute atomic E-state index is 0.124. The van der Waals surface area contributed by atoms with Crippen LogP contribution in [-0.2, 0) is 10.2 Å². The van der Waals surface area contributed by atoms with Gasteiger partial charge in [0.05, 0.1) is 17.3 Å². The van der Waals surface area contributed by atoms with Gasteiger partial charge in [0.15, 0.2) is 0 Å². The van der Waals surface area contributed by atoms with E-state index in [1.165, 1.54) is 0 Å². The molecule has 1 aromatic rings. The first-order valence-electron chi connectivity index (χ1n) is 5.20. The predicted molar refractivity (Wildman–Crippen MR) is 58.0 cm³/mol. The van der Waals surface area contributed by atoms with Gasteiger partial charge in [-0.1, -0.05) is 24.4 Å². The number of hydrogen-bond donors (Lipinski definition) is 1. The molecule has 1 saturated carbocycles. The van der Waals surface area contributed by atoms with Gasteiger partial charge in [-0.2, -0.15) is 0 Å². The lowest BCUT2D eigenvalue weighted by Gasteiger charge is -2.20. The highest BCUT2D eigenvalue weighted by atomic mass is 35.5. The van der Waals surface area contributed by atoms with Crippen LogP contribution in [0, 0.1) is 0 Å². The lowest BCUT2D eigenvalue weighted by Crippen LogP contribution is -2.30. The molecule has 0 atom stereocenters. The Hall–Kier alpha value is -1.09. The van der Waals surface area contributed by atoms with Crippen LogP contribution < -0.4 is 5.32 Å². The molecule has 2 aliphatic rings. The van der Waals surface area contributed by atoms with E-state index in [0.29, 0.717) is 5.15 Å². The lowest BCUT2D eigenvalue weighted by molar-refractivity contribution is -0.120. The first-order chi connectivity index (χ1) is 7.22. The van der Waals surface area contributed by atoms with E-state index >= 15 is 0 Å². The van der Waals surface area contributed by atoms with E-state index in [-0.39, 0.29) is 11.3 Å². The lowest BCUT2D eigenvalue weighted by atomic mass is 9.80. The van der Waals surface area contributed by atoms with Gasteiger partial charge in [-0.15, -0.1) is 0 Å². The molecular weight excluding hydrogens is 212 g/mol. The summed E-state index contributed by atoms with van der Waals surface area (Å²) in [4.78, 5) is 16.0. The largest absolute Gasteiger partial charge is 0.324 e. The molecule has 1 aliphatic heterocycles. The number of carbonyl (C=O) groups excluding carboxylic acids is 1. The molecule has 0 aromatic carbocycles. The Morgan fingerprint density at radius 3 is 2.87 bits per heavy atom. The topological polar surface area (TPSA) is 42.0 Å². The Bertz CT molecular complexity index is 438. The van der Waals surface area contributed by atoms with Crippen LogP contribution in [0.3, 0.4) is 0 Å². The fraction of sp³-hybridized carbons (Fsp3) is 0.455. The fourth-order valence-corrected chi connectivity index (χ4v) is 2.92. The van der Waals surface area contributed by atoms with Crippen molar-refractivity contribution < 1.29 is 4.79 Å². The number of carbonyl (C=O) groups is 1. The maximum Gasteiger partial charge on any atom is 0.235 e. The van der Waals surface area contributed by atoms with Crippen LogP contribution in [0.4, 0.5) is 5.69 Å². The Morgan fingerprint density at radius 1 is 1.40 bits per heavy atom. The van der Waals surface area contributed by atoms with Crippen molar-refractivity contribution in [3.63, 3.8) is 0 Å². The van der Waals surface area contributed by atoms with Gasteiger partial charge < -0.3 is 5.32 Å². The first-order valence-corrected chi connectivity index (χ1v) is 5.58. The molecule has 78 valence electrons. The smallest absolute Gasteiger partial charge is 0.235 e. The Labute approximate surface area is 92.8 Å². The van der Waals surface area contributed by atoms with E-state index in [9.17, 15) is 4.79 Å². The van der Waals surface area contributed by atoms with Crippen molar-refractivity contribution in [2.45, 2.75) is 31.1 Å². The zero-order valence-corrected chi connectivity index (χ0v) is 8.97. The molecule has 2 heterocycles. The molecular formula is C11H11ClN2O. The van der Waals surface area contributed by atoms with Crippen LogP contribution >= 0.6 is 11.6 Å². The zero-order valence-electron chi connectivity index (χ0n) is 8.22. The molecule has 1 N–H and O–H groups in total. The summed E-state index contributed by atoms with van der Waals surface area (Å²) in [7, 11) is 0. The molecule has 15 heavy (non-hydrogen) atoms. The normalized spacial score (nSPS) is 21.8. The van der Waals surface area contributed by atoms with Crippen molar-refractivity contribution in [1.29, 1.82) is 0 Å². The minimum atomic E-state index is -0.304. The first kappa shape index (κ1) is 9.16. The summed E-state index contributed by atoms with van der Waals surface area (Å²) < 4.78 is 0. The van der Waals surface area contributed by atoms with Crippen LogP contribution in [-0.4, -0.2) is 10.9 Å². The third-order valence-corrected chi connectivity index (χ3v) is 3.73. The summed E-state index contributed by atoms with van der Waals surface area (Å²) in [6.07, 6.45) is 5.76. The van der Waals surface area contributed by atoms with E-state index in [1.807, 2.05) is 6.07 Å². The summed E-state index contributed by atoms with van der Waals surface area (Å²) in [6, 6.07) is 1.83. The van der Waals surface area contributed by atoms with Gasteiger partial charge in [0.1, 0.15) is 5.15 Å². The number of hydrogen-bond acceptors (Lipinski definition) is 2. The summed E-state index contributed by atoms with van der Waals surface area (Å²) in [5.41, 5.74) is 1.58. The molecule has 0 bridgehead atoms. The number of fused-ring (bicyclic) bond motifs is 2. The van der Waals surface area contributed by atoms with E-state index in [0.717, 1.165) is 36.9 Å². The molecule has 3 rings (SSSR count). The number of rotatable bonds is 0. The minimum Gasteiger partial charge on any atom is -0.324 e. The second-order valence-electron chi connectivity index (χ2n) is 4.30. The van der Waals surface area contributed by atoms with Gasteiger partial charge in [-0.05, 0) is 24.5 Å². The number of nitrogens with zero attached hydrogens (tertiary/aromatic N) is 1. The van der Waals surface area contributed by atoms with Gasteiger partial charge in [0.2, 0.25) is 5.91 Å². The summed E-state index contributed by atoms with van der Waals surface area (Å²) in [5, 5.41) is 3.37. The quantitative estimate of drug-likeness (QED) is 0.686. The van der Waals surface area contributed by atoms with Crippen LogP contribution in [0.15, 0.2) is 12.3 Å². The number of amides is 1. The number of aromatic nitrogens is 1. The van der Waals surface area contributed by atoms with Crippen molar-refractivity contribution in [3.8, 4) is 0 Å². The highest BCUT2D eigenvalue weighted by Crippen LogP contribution is 2.48. The van der Waals surface area contributed by atoms with Gasteiger partial charge in [0.25, 0.3) is 0 Å². The van der Waals surface area contributed by atoms with Gasteiger partial charge in [0, 0.05) is 0 Å². The number of halogens is 1. The maximum atomic E-state index is 12.0. The van der Waals surface area contributed by atoms with E-state index in [1.54, 1.807) is 6.20 Å². The molecule has 1 aliphatic carbocycles. The van der Waals surface area contributed by atoms with Crippen molar-refractivity contribution in [2.24, 2.45) is 0 Å². The second-order valence-corrected chi connectivity index (χ2v) is 4.68. The van der Waals surface area contributed by atoms with Crippen LogP contribution in [0.1, 0.15) is 31.2 Å². The third kappa shape index (κ3) is 1.13. The standard InChI is InChI=1S/C11H11ClN2O/c12-9-5-7-8(6-13-9)14-10(15)11(7)3-1-2-4-11/h5-6H,1-4H2,(H,14,15). The van der Waals surface area contributed by atoms with Gasteiger partial charge in [-0.25, -0.2) is 4.98 Å². The molecule has 3 nitrogen and oxygen atoms in total. The van der Waals surface area contributed by atoms with E-state index < -0.39 is 0 Å². The third-order valence-electron chi connectivity index (χ3n) is 3.53. The molecule has 0 unspecified atom stereocenters. The van der Waals surface area contributed by atoms with Crippen LogP contribution in [0.25, 0.3) is 0 Å². The molecule has 1 spiro atoms.